The van der Waals surface area contributed by atoms with Crippen molar-refractivity contribution in [2.45, 2.75) is 43.5 Å². The summed E-state index contributed by atoms with van der Waals surface area (Å²) in [5.74, 6) is -0.0168. The molecule has 1 amide bonds. The van der Waals surface area contributed by atoms with E-state index in [1.807, 2.05) is 0 Å². The van der Waals surface area contributed by atoms with Crippen molar-refractivity contribution in [2.24, 2.45) is 0 Å². The molecule has 0 aliphatic carbocycles. The smallest absolute Gasteiger partial charge is 0.289 e. The molecule has 3 rings (SSSR count). The van der Waals surface area contributed by atoms with Crippen LogP contribution in [0.1, 0.15) is 36.7 Å². The Morgan fingerprint density at radius 1 is 1.36 bits per heavy atom. The third-order valence-electron chi connectivity index (χ3n) is 4.77. The van der Waals surface area contributed by atoms with E-state index in [-0.39, 0.29) is 16.9 Å². The quantitative estimate of drug-likeness (QED) is 0.814. The summed E-state index contributed by atoms with van der Waals surface area (Å²) >= 11 is 5.69. The average molecular weight is 330 g/mol. The molecule has 0 bridgehead atoms. The van der Waals surface area contributed by atoms with Gasteiger partial charge in [0, 0.05) is 19.5 Å². The fourth-order valence-corrected chi connectivity index (χ4v) is 3.48. The highest BCUT2D eigenvalue weighted by Crippen LogP contribution is 2.40. The lowest BCUT2D eigenvalue weighted by Gasteiger charge is -2.51. The molecule has 2 atom stereocenters. The maximum absolute atomic E-state index is 12.3. The number of nitrogens with zero attached hydrogens (tertiary/aromatic N) is 1. The van der Waals surface area contributed by atoms with E-state index in [0.717, 1.165) is 0 Å². The molecule has 2 N–H and O–H groups in total. The van der Waals surface area contributed by atoms with E-state index in [9.17, 15) is 15.0 Å². The normalized spacial score (nSPS) is 31.5. The predicted octanol–water partition coefficient (Wildman–Crippen LogP) is 1.44. The van der Waals surface area contributed by atoms with E-state index in [0.29, 0.717) is 39.0 Å². The minimum absolute atomic E-state index is 0.180. The highest BCUT2D eigenvalue weighted by Gasteiger charge is 2.53. The molecular weight excluding hydrogens is 310 g/mol. The molecule has 0 unspecified atom stereocenters. The van der Waals surface area contributed by atoms with Crippen LogP contribution < -0.4 is 0 Å². The van der Waals surface area contributed by atoms with Crippen LogP contribution in [0.15, 0.2) is 16.5 Å². The van der Waals surface area contributed by atoms with Crippen molar-refractivity contribution in [3.8, 4) is 0 Å². The molecule has 0 aromatic carbocycles. The van der Waals surface area contributed by atoms with Crippen LogP contribution in [0.4, 0.5) is 0 Å². The van der Waals surface area contributed by atoms with E-state index >= 15 is 0 Å². The van der Waals surface area contributed by atoms with Gasteiger partial charge in [0.15, 0.2) is 11.0 Å². The molecule has 2 fully saturated rings. The number of ether oxygens (including phenoxy) is 1. The number of amides is 1. The second-order valence-electron chi connectivity index (χ2n) is 6.32. The van der Waals surface area contributed by atoms with E-state index in [2.05, 4.69) is 0 Å². The summed E-state index contributed by atoms with van der Waals surface area (Å²) in [7, 11) is 0. The fraction of sp³-hybridized carbons (Fsp3) is 0.667. The first-order valence-corrected chi connectivity index (χ1v) is 7.81. The first kappa shape index (κ1) is 15.8. The van der Waals surface area contributed by atoms with Gasteiger partial charge >= 0.3 is 0 Å². The predicted molar refractivity (Wildman–Crippen MR) is 78.8 cm³/mol. The van der Waals surface area contributed by atoms with Gasteiger partial charge in [0.2, 0.25) is 0 Å². The van der Waals surface area contributed by atoms with Crippen LogP contribution in [-0.4, -0.2) is 58.0 Å². The summed E-state index contributed by atoms with van der Waals surface area (Å²) in [6, 6.07) is 3.08. The number of furan rings is 1. The maximum Gasteiger partial charge on any atom is 0.289 e. The molecule has 6 nitrogen and oxygen atoms in total. The SMILES string of the molecule is C[C@@]1(O)CCOC2(CCN(C(=O)c3ccc(Cl)o3)CC2)[C@H]1O. The number of halogens is 1. The summed E-state index contributed by atoms with van der Waals surface area (Å²) in [5.41, 5.74) is -1.93. The van der Waals surface area contributed by atoms with Gasteiger partial charge < -0.3 is 24.3 Å². The molecule has 2 aliphatic rings. The summed E-state index contributed by atoms with van der Waals surface area (Å²) in [6.07, 6.45) is 0.405. The second kappa shape index (κ2) is 5.53. The van der Waals surface area contributed by atoms with Gasteiger partial charge in [-0.05, 0) is 43.5 Å². The molecule has 0 radical (unpaired) electrons. The third-order valence-corrected chi connectivity index (χ3v) is 4.97. The number of likely N-dealkylation sites (tertiary alicyclic amines) is 1. The molecule has 2 saturated heterocycles. The lowest BCUT2D eigenvalue weighted by atomic mass is 9.75. The van der Waals surface area contributed by atoms with Crippen molar-refractivity contribution in [1.82, 2.24) is 4.90 Å². The van der Waals surface area contributed by atoms with Crippen molar-refractivity contribution in [1.29, 1.82) is 0 Å². The van der Waals surface area contributed by atoms with Crippen LogP contribution in [-0.2, 0) is 4.74 Å². The van der Waals surface area contributed by atoms with Crippen LogP contribution in [0.2, 0.25) is 5.22 Å². The molecular formula is C15H20ClNO5. The van der Waals surface area contributed by atoms with E-state index in [4.69, 9.17) is 20.8 Å². The Kier molecular flexibility index (Phi) is 3.97. The minimum atomic E-state index is -1.15. The van der Waals surface area contributed by atoms with Gasteiger partial charge in [-0.15, -0.1) is 0 Å². The maximum atomic E-state index is 12.3. The van der Waals surface area contributed by atoms with Crippen molar-refractivity contribution in [2.75, 3.05) is 19.7 Å². The van der Waals surface area contributed by atoms with Gasteiger partial charge in [-0.2, -0.15) is 0 Å². The number of piperidine rings is 1. The minimum Gasteiger partial charge on any atom is -0.440 e. The number of hydrogen-bond donors (Lipinski definition) is 2. The molecule has 22 heavy (non-hydrogen) atoms. The molecule has 3 heterocycles. The van der Waals surface area contributed by atoms with Crippen LogP contribution in [0, 0.1) is 0 Å². The lowest BCUT2D eigenvalue weighted by Crippen LogP contribution is -2.64. The Balaban J connectivity index is 1.68. The number of rotatable bonds is 1. The molecule has 122 valence electrons. The summed E-state index contributed by atoms with van der Waals surface area (Å²) in [5, 5.41) is 20.9. The zero-order chi connectivity index (χ0) is 16.0. The van der Waals surface area contributed by atoms with Gasteiger partial charge in [-0.1, -0.05) is 0 Å². The number of hydrogen-bond acceptors (Lipinski definition) is 5. The molecule has 1 aromatic rings. The molecule has 2 aliphatic heterocycles. The topological polar surface area (TPSA) is 83.1 Å². The van der Waals surface area contributed by atoms with Gasteiger partial charge in [-0.25, -0.2) is 0 Å². The van der Waals surface area contributed by atoms with E-state index < -0.39 is 17.3 Å². The standard InChI is InChI=1S/C15H20ClNO5/c1-14(20)6-9-21-15(13(14)19)4-7-17(8-5-15)12(18)10-2-3-11(16)22-10/h2-3,13,19-20H,4-9H2,1H3/t13-,14+/m0/s1. The van der Waals surface area contributed by atoms with Crippen molar-refractivity contribution < 1.29 is 24.2 Å². The van der Waals surface area contributed by atoms with Gasteiger partial charge in [-0.3, -0.25) is 4.79 Å². The Bertz CT molecular complexity index is 562. The number of aliphatic hydroxyl groups is 2. The lowest BCUT2D eigenvalue weighted by molar-refractivity contribution is -0.244. The fourth-order valence-electron chi connectivity index (χ4n) is 3.33. The van der Waals surface area contributed by atoms with Gasteiger partial charge in [0.25, 0.3) is 5.91 Å². The van der Waals surface area contributed by atoms with E-state index in [1.54, 1.807) is 17.9 Å². The highest BCUT2D eigenvalue weighted by atomic mass is 35.5. The molecule has 1 spiro atoms. The third kappa shape index (κ3) is 2.65. The monoisotopic (exact) mass is 329 g/mol. The Hall–Kier alpha value is -1.08. The van der Waals surface area contributed by atoms with Gasteiger partial charge in [0.05, 0.1) is 12.2 Å². The zero-order valence-corrected chi connectivity index (χ0v) is 13.2. The Morgan fingerprint density at radius 3 is 2.64 bits per heavy atom. The van der Waals surface area contributed by atoms with Crippen LogP contribution in [0.5, 0.6) is 0 Å². The molecule has 0 saturated carbocycles. The van der Waals surface area contributed by atoms with E-state index in [1.165, 1.54) is 6.07 Å². The average Bonchev–Trinajstić information content (AvgIpc) is 2.91. The van der Waals surface area contributed by atoms with Crippen molar-refractivity contribution >= 4 is 17.5 Å². The first-order valence-electron chi connectivity index (χ1n) is 7.43. The number of aliphatic hydroxyl groups excluding tert-OH is 1. The first-order chi connectivity index (χ1) is 10.3. The Labute approximate surface area is 133 Å². The molecule has 1 aromatic heterocycles. The zero-order valence-electron chi connectivity index (χ0n) is 12.4. The summed E-state index contributed by atoms with van der Waals surface area (Å²) in [6.45, 7) is 2.91. The Morgan fingerprint density at radius 2 is 2.05 bits per heavy atom. The van der Waals surface area contributed by atoms with Crippen LogP contribution in [0.25, 0.3) is 0 Å². The largest absolute Gasteiger partial charge is 0.440 e. The van der Waals surface area contributed by atoms with Crippen molar-refractivity contribution in [3.05, 3.63) is 23.1 Å². The van der Waals surface area contributed by atoms with Crippen LogP contribution >= 0.6 is 11.6 Å². The number of carbonyl (C=O) groups excluding carboxylic acids is 1. The second-order valence-corrected chi connectivity index (χ2v) is 6.69. The van der Waals surface area contributed by atoms with Crippen molar-refractivity contribution in [3.63, 3.8) is 0 Å². The summed E-state index contributed by atoms with van der Waals surface area (Å²) in [4.78, 5) is 14.0. The van der Waals surface area contributed by atoms with Gasteiger partial charge in [0.1, 0.15) is 11.7 Å². The molecule has 7 heteroatoms. The number of carbonyl (C=O) groups is 1. The summed E-state index contributed by atoms with van der Waals surface area (Å²) < 4.78 is 10.9. The van der Waals surface area contributed by atoms with Crippen LogP contribution in [0.3, 0.4) is 0 Å². The highest BCUT2D eigenvalue weighted by molar-refractivity contribution is 6.29.